The fourth-order valence-electron chi connectivity index (χ4n) is 3.38. The molecule has 0 radical (unpaired) electrons. The van der Waals surface area contributed by atoms with Crippen molar-refractivity contribution in [2.24, 2.45) is 0 Å². The summed E-state index contributed by atoms with van der Waals surface area (Å²) < 4.78 is 14.0. The van der Waals surface area contributed by atoms with Crippen molar-refractivity contribution < 1.29 is 19.1 Å². The molecule has 1 amide bonds. The molecule has 1 N–H and O–H groups in total. The van der Waals surface area contributed by atoms with Gasteiger partial charge in [-0.3, -0.25) is 0 Å². The molecule has 142 valence electrons. The standard InChI is InChI=1S/C20H22FN3O3/c21-18-8-4-5-9-19(18)22-10-12-23(13-11-22)24(20(26)27)17(15-25)14-16-6-2-1-3-7-16/h1-9,15,17H,10-14H2,(H,26,27). The molecule has 0 spiro atoms. The molecule has 0 bridgehead atoms. The number of para-hydroxylation sites is 1. The lowest BCUT2D eigenvalue weighted by Crippen LogP contribution is -2.59. The molecule has 0 saturated carbocycles. The Morgan fingerprint density at radius 1 is 1.07 bits per heavy atom. The Labute approximate surface area is 157 Å². The molecule has 0 aliphatic carbocycles. The Kier molecular flexibility index (Phi) is 6.03. The molecule has 1 aliphatic rings. The molecule has 1 fully saturated rings. The summed E-state index contributed by atoms with van der Waals surface area (Å²) in [5.74, 6) is -0.295. The number of anilines is 1. The number of carbonyl (C=O) groups is 2. The van der Waals surface area contributed by atoms with Gasteiger partial charge in [0.2, 0.25) is 0 Å². The second kappa shape index (κ2) is 8.64. The minimum absolute atomic E-state index is 0.295. The fourth-order valence-corrected chi connectivity index (χ4v) is 3.38. The van der Waals surface area contributed by atoms with Crippen LogP contribution < -0.4 is 4.90 Å². The van der Waals surface area contributed by atoms with Crippen LogP contribution in [0.4, 0.5) is 14.9 Å². The third-order valence-electron chi connectivity index (χ3n) is 4.71. The van der Waals surface area contributed by atoms with Gasteiger partial charge in [-0.2, -0.15) is 0 Å². The van der Waals surface area contributed by atoms with E-state index in [9.17, 15) is 19.1 Å². The molecule has 27 heavy (non-hydrogen) atoms. The largest absolute Gasteiger partial charge is 0.464 e. The maximum Gasteiger partial charge on any atom is 0.422 e. The molecule has 1 saturated heterocycles. The van der Waals surface area contributed by atoms with E-state index < -0.39 is 12.1 Å². The zero-order valence-corrected chi connectivity index (χ0v) is 14.9. The SMILES string of the molecule is O=CC(Cc1ccccc1)N(C(=O)O)N1CCN(c2ccccc2F)CC1. The molecule has 1 atom stereocenters. The maximum atomic E-state index is 14.0. The summed E-state index contributed by atoms with van der Waals surface area (Å²) >= 11 is 0. The molecule has 6 nitrogen and oxygen atoms in total. The Hall–Kier alpha value is -2.93. The number of carboxylic acid groups (broad SMARTS) is 1. The number of hydrogen-bond donors (Lipinski definition) is 1. The monoisotopic (exact) mass is 371 g/mol. The van der Waals surface area contributed by atoms with Gasteiger partial charge < -0.3 is 14.8 Å². The van der Waals surface area contributed by atoms with Crippen LogP contribution in [0.25, 0.3) is 0 Å². The molecular weight excluding hydrogens is 349 g/mol. The van der Waals surface area contributed by atoms with Crippen molar-refractivity contribution in [2.45, 2.75) is 12.5 Å². The number of benzene rings is 2. The van der Waals surface area contributed by atoms with E-state index in [4.69, 9.17) is 0 Å². The van der Waals surface area contributed by atoms with Gasteiger partial charge in [0.25, 0.3) is 0 Å². The highest BCUT2D eigenvalue weighted by Crippen LogP contribution is 2.21. The molecule has 2 aromatic rings. The van der Waals surface area contributed by atoms with Crippen molar-refractivity contribution in [2.75, 3.05) is 31.1 Å². The van der Waals surface area contributed by atoms with E-state index in [1.807, 2.05) is 35.2 Å². The third-order valence-corrected chi connectivity index (χ3v) is 4.71. The Morgan fingerprint density at radius 3 is 2.30 bits per heavy atom. The predicted molar refractivity (Wildman–Crippen MR) is 100 cm³/mol. The van der Waals surface area contributed by atoms with Crippen LogP contribution >= 0.6 is 0 Å². The topological polar surface area (TPSA) is 64.1 Å². The molecule has 2 aromatic carbocycles. The van der Waals surface area contributed by atoms with Crippen molar-refractivity contribution in [1.29, 1.82) is 0 Å². The molecule has 0 aromatic heterocycles. The number of halogens is 1. The fraction of sp³-hybridized carbons (Fsp3) is 0.300. The van der Waals surface area contributed by atoms with E-state index in [0.29, 0.717) is 44.6 Å². The number of amides is 1. The molecule has 1 unspecified atom stereocenters. The van der Waals surface area contributed by atoms with Gasteiger partial charge in [0.05, 0.1) is 5.69 Å². The van der Waals surface area contributed by atoms with E-state index in [-0.39, 0.29) is 5.82 Å². The lowest BCUT2D eigenvalue weighted by Gasteiger charge is -2.42. The van der Waals surface area contributed by atoms with Crippen LogP contribution in [-0.2, 0) is 11.2 Å². The second-order valence-electron chi connectivity index (χ2n) is 6.41. The normalized spacial score (nSPS) is 16.0. The van der Waals surface area contributed by atoms with Crippen molar-refractivity contribution in [3.63, 3.8) is 0 Å². The second-order valence-corrected chi connectivity index (χ2v) is 6.41. The Bertz CT molecular complexity index is 779. The van der Waals surface area contributed by atoms with Gasteiger partial charge in [0, 0.05) is 32.6 Å². The van der Waals surface area contributed by atoms with Crippen LogP contribution in [0.3, 0.4) is 0 Å². The van der Waals surface area contributed by atoms with Gasteiger partial charge in [-0.25, -0.2) is 19.2 Å². The number of rotatable bonds is 6. The number of hydrazine groups is 1. The first kappa shape index (κ1) is 18.8. The molecule has 1 heterocycles. The van der Waals surface area contributed by atoms with E-state index in [0.717, 1.165) is 10.6 Å². The zero-order chi connectivity index (χ0) is 19.2. The smallest absolute Gasteiger partial charge is 0.422 e. The zero-order valence-electron chi connectivity index (χ0n) is 14.9. The lowest BCUT2D eigenvalue weighted by atomic mass is 10.1. The average Bonchev–Trinajstić information content (AvgIpc) is 2.69. The van der Waals surface area contributed by atoms with Gasteiger partial charge in [-0.1, -0.05) is 42.5 Å². The van der Waals surface area contributed by atoms with E-state index in [1.54, 1.807) is 23.2 Å². The summed E-state index contributed by atoms with van der Waals surface area (Å²) in [7, 11) is 0. The van der Waals surface area contributed by atoms with Crippen molar-refractivity contribution in [1.82, 2.24) is 10.0 Å². The number of aldehydes is 1. The van der Waals surface area contributed by atoms with Crippen LogP contribution in [-0.4, -0.2) is 59.7 Å². The molecular formula is C20H22FN3O3. The van der Waals surface area contributed by atoms with Gasteiger partial charge in [-0.15, -0.1) is 0 Å². The van der Waals surface area contributed by atoms with Crippen LogP contribution in [0.1, 0.15) is 5.56 Å². The third kappa shape index (κ3) is 4.43. The summed E-state index contributed by atoms with van der Waals surface area (Å²) in [6, 6.07) is 15.1. The van der Waals surface area contributed by atoms with Crippen molar-refractivity contribution >= 4 is 18.1 Å². The number of carbonyl (C=O) groups excluding carboxylic acids is 1. The first-order chi connectivity index (χ1) is 13.1. The number of nitrogens with zero attached hydrogens (tertiary/aromatic N) is 3. The van der Waals surface area contributed by atoms with Crippen LogP contribution in [0.2, 0.25) is 0 Å². The van der Waals surface area contributed by atoms with Gasteiger partial charge in [0.1, 0.15) is 18.1 Å². The van der Waals surface area contributed by atoms with E-state index in [1.165, 1.54) is 6.07 Å². The highest BCUT2D eigenvalue weighted by Gasteiger charge is 2.32. The first-order valence-corrected chi connectivity index (χ1v) is 8.86. The highest BCUT2D eigenvalue weighted by atomic mass is 19.1. The van der Waals surface area contributed by atoms with E-state index in [2.05, 4.69) is 0 Å². The number of piperazine rings is 1. The predicted octanol–water partition coefficient (Wildman–Crippen LogP) is 2.65. The first-order valence-electron chi connectivity index (χ1n) is 8.86. The summed E-state index contributed by atoms with van der Waals surface area (Å²) in [6.07, 6.45) is -0.184. The average molecular weight is 371 g/mol. The van der Waals surface area contributed by atoms with Gasteiger partial charge in [0.15, 0.2) is 0 Å². The summed E-state index contributed by atoms with van der Waals surface area (Å²) in [6.45, 7) is 1.72. The Balaban J connectivity index is 1.70. The molecule has 7 heteroatoms. The number of hydrogen-bond acceptors (Lipinski definition) is 4. The summed E-state index contributed by atoms with van der Waals surface area (Å²) in [5.41, 5.74) is 1.40. The minimum Gasteiger partial charge on any atom is -0.464 e. The van der Waals surface area contributed by atoms with Gasteiger partial charge in [-0.05, 0) is 17.7 Å². The molecule has 3 rings (SSSR count). The van der Waals surface area contributed by atoms with Crippen LogP contribution in [0.5, 0.6) is 0 Å². The highest BCUT2D eigenvalue weighted by molar-refractivity contribution is 5.71. The van der Waals surface area contributed by atoms with Crippen molar-refractivity contribution in [3.8, 4) is 0 Å². The minimum atomic E-state index is -1.16. The molecule has 1 aliphatic heterocycles. The van der Waals surface area contributed by atoms with Crippen LogP contribution in [0.15, 0.2) is 54.6 Å². The van der Waals surface area contributed by atoms with E-state index >= 15 is 0 Å². The summed E-state index contributed by atoms with van der Waals surface area (Å²) in [5, 5.41) is 12.4. The quantitative estimate of drug-likeness (QED) is 0.791. The van der Waals surface area contributed by atoms with Gasteiger partial charge >= 0.3 is 6.09 Å². The summed E-state index contributed by atoms with van der Waals surface area (Å²) in [4.78, 5) is 25.4. The van der Waals surface area contributed by atoms with Crippen molar-refractivity contribution in [3.05, 3.63) is 66.0 Å². The maximum absolute atomic E-state index is 14.0. The lowest BCUT2D eigenvalue weighted by molar-refractivity contribution is -0.119. The van der Waals surface area contributed by atoms with Crippen LogP contribution in [0, 0.1) is 5.82 Å². The Morgan fingerprint density at radius 2 is 1.70 bits per heavy atom.